The van der Waals surface area contributed by atoms with Gasteiger partial charge < -0.3 is 5.32 Å². The lowest BCUT2D eigenvalue weighted by Gasteiger charge is -2.34. The molecule has 0 spiro atoms. The quantitative estimate of drug-likeness (QED) is 0.610. The molecule has 0 aliphatic heterocycles. The van der Waals surface area contributed by atoms with E-state index in [4.69, 9.17) is 17.3 Å². The summed E-state index contributed by atoms with van der Waals surface area (Å²) in [4.78, 5) is 0. The van der Waals surface area contributed by atoms with E-state index in [0.717, 1.165) is 18.9 Å². The van der Waals surface area contributed by atoms with Gasteiger partial charge in [0.1, 0.15) is 0 Å². The van der Waals surface area contributed by atoms with Gasteiger partial charge in [-0.25, -0.2) is 0 Å². The predicted molar refractivity (Wildman–Crippen MR) is 105 cm³/mol. The summed E-state index contributed by atoms with van der Waals surface area (Å²) in [5.74, 6) is 1.54. The molecule has 24 heavy (non-hydrogen) atoms. The maximum absolute atomic E-state index is 5.39. The molecule has 4 heteroatoms. The fourth-order valence-corrected chi connectivity index (χ4v) is 4.26. The Hall–Kier alpha value is -1.42. The highest BCUT2D eigenvalue weighted by Gasteiger charge is 2.29. The lowest BCUT2D eigenvalue weighted by atomic mass is 9.72. The first-order chi connectivity index (χ1) is 11.8. The van der Waals surface area contributed by atoms with E-state index in [1.165, 1.54) is 62.6 Å². The number of hydrogen-bond donors (Lipinski definition) is 2. The molecule has 2 fully saturated rings. The minimum Gasteiger partial charge on any atom is -0.357 e. The van der Waals surface area contributed by atoms with Gasteiger partial charge in [-0.2, -0.15) is 5.10 Å². The van der Waals surface area contributed by atoms with Gasteiger partial charge in [0, 0.05) is 18.2 Å². The van der Waals surface area contributed by atoms with Crippen LogP contribution in [0, 0.1) is 11.8 Å². The molecule has 0 saturated heterocycles. The highest BCUT2D eigenvalue weighted by Crippen LogP contribution is 2.36. The van der Waals surface area contributed by atoms with Crippen LogP contribution in [0.4, 0.5) is 0 Å². The van der Waals surface area contributed by atoms with E-state index in [0.29, 0.717) is 11.0 Å². The van der Waals surface area contributed by atoms with Crippen LogP contribution in [0.1, 0.15) is 63.4 Å². The number of benzene rings is 1. The Balaban J connectivity index is 1.52. The Kier molecular flexibility index (Phi) is 6.65. The molecular formula is C20H29N3S. The molecule has 1 unspecified atom stereocenters. The highest BCUT2D eigenvalue weighted by molar-refractivity contribution is 7.80. The predicted octanol–water partition coefficient (Wildman–Crippen LogP) is 4.78. The van der Waals surface area contributed by atoms with Crippen molar-refractivity contribution in [3.63, 3.8) is 0 Å². The first kappa shape index (κ1) is 17.4. The van der Waals surface area contributed by atoms with E-state index in [1.54, 1.807) is 0 Å². The molecule has 0 radical (unpaired) electrons. The van der Waals surface area contributed by atoms with E-state index < -0.39 is 0 Å². The molecule has 130 valence electrons. The third-order valence-corrected chi connectivity index (χ3v) is 5.68. The second-order valence-electron chi connectivity index (χ2n) is 7.13. The van der Waals surface area contributed by atoms with Gasteiger partial charge in [-0.15, -0.1) is 0 Å². The largest absolute Gasteiger partial charge is 0.357 e. The highest BCUT2D eigenvalue weighted by atomic mass is 32.1. The van der Waals surface area contributed by atoms with Crippen molar-refractivity contribution in [2.24, 2.45) is 16.9 Å². The topological polar surface area (TPSA) is 36.4 Å². The number of rotatable bonds is 4. The van der Waals surface area contributed by atoms with Crippen LogP contribution >= 0.6 is 12.2 Å². The summed E-state index contributed by atoms with van der Waals surface area (Å²) in [6.07, 6.45) is 12.1. The van der Waals surface area contributed by atoms with Crippen LogP contribution in [0.15, 0.2) is 35.4 Å². The molecule has 2 aliphatic carbocycles. The summed E-state index contributed by atoms with van der Waals surface area (Å²) >= 11 is 5.39. The fraction of sp³-hybridized carbons (Fsp3) is 0.600. The van der Waals surface area contributed by atoms with Crippen LogP contribution in [0.2, 0.25) is 0 Å². The van der Waals surface area contributed by atoms with Crippen LogP contribution in [-0.2, 0) is 6.54 Å². The van der Waals surface area contributed by atoms with E-state index in [9.17, 15) is 0 Å². The Morgan fingerprint density at radius 3 is 2.54 bits per heavy atom. The lowest BCUT2D eigenvalue weighted by molar-refractivity contribution is 0.274. The molecule has 3 nitrogen and oxygen atoms in total. The van der Waals surface area contributed by atoms with Crippen molar-refractivity contribution < 1.29 is 0 Å². The Bertz CT molecular complexity index is 549. The molecule has 3 rings (SSSR count). The molecule has 0 heterocycles. The standard InChI is InChI=1S/C20H29N3S/c24-20(21-15-16-9-3-1-4-10-16)23-22-19-14-8-7-13-18(19)17-11-5-2-6-12-17/h1,3-4,9-10,17-18H,2,5-8,11-15H2,(H2,21,23,24). The molecule has 1 aromatic rings. The molecular weight excluding hydrogens is 314 g/mol. The molecule has 1 aromatic carbocycles. The maximum atomic E-state index is 5.39. The zero-order chi connectivity index (χ0) is 16.6. The second kappa shape index (κ2) is 9.16. The molecule has 0 bridgehead atoms. The number of hydrazone groups is 1. The summed E-state index contributed by atoms with van der Waals surface area (Å²) in [5, 5.41) is 8.59. The van der Waals surface area contributed by atoms with Gasteiger partial charge in [0.2, 0.25) is 0 Å². The van der Waals surface area contributed by atoms with Gasteiger partial charge >= 0.3 is 0 Å². The van der Waals surface area contributed by atoms with Crippen LogP contribution < -0.4 is 10.7 Å². The van der Waals surface area contributed by atoms with Crippen molar-refractivity contribution in [1.82, 2.24) is 10.7 Å². The monoisotopic (exact) mass is 343 g/mol. The van der Waals surface area contributed by atoms with Crippen molar-refractivity contribution in [2.45, 2.75) is 64.3 Å². The van der Waals surface area contributed by atoms with Crippen LogP contribution in [0.3, 0.4) is 0 Å². The summed E-state index contributed by atoms with van der Waals surface area (Å²) < 4.78 is 0. The zero-order valence-corrected chi connectivity index (χ0v) is 15.3. The Labute approximate surface area is 151 Å². The Morgan fingerprint density at radius 2 is 1.75 bits per heavy atom. The molecule has 1 atom stereocenters. The van der Waals surface area contributed by atoms with Gasteiger partial charge in [0.25, 0.3) is 0 Å². The van der Waals surface area contributed by atoms with Crippen LogP contribution in [0.5, 0.6) is 0 Å². The molecule has 0 aromatic heterocycles. The normalized spacial score (nSPS) is 23.8. The molecule has 0 amide bonds. The summed E-state index contributed by atoms with van der Waals surface area (Å²) in [5.41, 5.74) is 5.69. The minimum absolute atomic E-state index is 0.624. The van der Waals surface area contributed by atoms with Gasteiger partial charge in [-0.3, -0.25) is 5.43 Å². The van der Waals surface area contributed by atoms with Gasteiger partial charge in [-0.05, 0) is 55.8 Å². The summed E-state index contributed by atoms with van der Waals surface area (Å²) in [6.45, 7) is 0.740. The zero-order valence-electron chi connectivity index (χ0n) is 14.5. The SMILES string of the molecule is S=C(NCc1ccccc1)NN=C1CCCCC1C1CCCCC1. The van der Waals surface area contributed by atoms with E-state index in [-0.39, 0.29) is 0 Å². The lowest BCUT2D eigenvalue weighted by Crippen LogP contribution is -2.35. The van der Waals surface area contributed by atoms with Gasteiger partial charge in [-0.1, -0.05) is 56.0 Å². The smallest absolute Gasteiger partial charge is 0.187 e. The maximum Gasteiger partial charge on any atom is 0.187 e. The average molecular weight is 344 g/mol. The van der Waals surface area contributed by atoms with Gasteiger partial charge in [0.15, 0.2) is 5.11 Å². The Morgan fingerprint density at radius 1 is 1.00 bits per heavy atom. The first-order valence-corrected chi connectivity index (χ1v) is 9.88. The van der Waals surface area contributed by atoms with E-state index in [1.807, 2.05) is 18.2 Å². The second-order valence-corrected chi connectivity index (χ2v) is 7.54. The molecule has 2 N–H and O–H groups in total. The van der Waals surface area contributed by atoms with Crippen molar-refractivity contribution in [2.75, 3.05) is 0 Å². The van der Waals surface area contributed by atoms with Crippen molar-refractivity contribution in [1.29, 1.82) is 0 Å². The number of hydrogen-bond acceptors (Lipinski definition) is 2. The van der Waals surface area contributed by atoms with Gasteiger partial charge in [0.05, 0.1) is 0 Å². The number of thiocarbonyl (C=S) groups is 1. The summed E-state index contributed by atoms with van der Waals surface area (Å²) in [7, 11) is 0. The van der Waals surface area contributed by atoms with E-state index in [2.05, 4.69) is 22.9 Å². The van der Waals surface area contributed by atoms with Crippen molar-refractivity contribution in [3.05, 3.63) is 35.9 Å². The van der Waals surface area contributed by atoms with E-state index >= 15 is 0 Å². The fourth-order valence-electron chi connectivity index (χ4n) is 4.15. The third-order valence-electron chi connectivity index (χ3n) is 5.44. The number of nitrogens with one attached hydrogen (secondary N) is 2. The summed E-state index contributed by atoms with van der Waals surface area (Å²) in [6, 6.07) is 10.3. The van der Waals surface area contributed by atoms with Crippen molar-refractivity contribution >= 4 is 23.0 Å². The number of nitrogens with zero attached hydrogens (tertiary/aromatic N) is 1. The minimum atomic E-state index is 0.624. The van der Waals surface area contributed by atoms with Crippen LogP contribution in [-0.4, -0.2) is 10.8 Å². The van der Waals surface area contributed by atoms with Crippen LogP contribution in [0.25, 0.3) is 0 Å². The molecule has 2 aliphatic rings. The molecule has 2 saturated carbocycles. The van der Waals surface area contributed by atoms with Crippen molar-refractivity contribution in [3.8, 4) is 0 Å². The average Bonchev–Trinajstić information content (AvgIpc) is 2.66. The first-order valence-electron chi connectivity index (χ1n) is 9.47. The third kappa shape index (κ3) is 5.04.